The zero-order chi connectivity index (χ0) is 17.5. The van der Waals surface area contributed by atoms with Crippen LogP contribution < -0.4 is 5.56 Å². The van der Waals surface area contributed by atoms with E-state index in [0.717, 1.165) is 11.8 Å². The number of hydrogen-bond acceptors (Lipinski definition) is 7. The van der Waals surface area contributed by atoms with Crippen molar-refractivity contribution in [3.8, 4) is 11.5 Å². The van der Waals surface area contributed by atoms with E-state index >= 15 is 0 Å². The molecule has 1 aromatic heterocycles. The molecule has 1 aliphatic heterocycles. The number of hydrogen-bond donors (Lipinski definition) is 3. The van der Waals surface area contributed by atoms with Crippen molar-refractivity contribution < 1.29 is 18.6 Å². The van der Waals surface area contributed by atoms with Crippen molar-refractivity contribution in [1.29, 1.82) is 0 Å². The first kappa shape index (κ1) is 16.5. The molecule has 0 amide bonds. The van der Waals surface area contributed by atoms with Crippen molar-refractivity contribution in [2.24, 2.45) is 0 Å². The topological polar surface area (TPSA) is 124 Å². The van der Waals surface area contributed by atoms with Crippen LogP contribution in [0.3, 0.4) is 0 Å². The van der Waals surface area contributed by atoms with Crippen LogP contribution in [-0.2, 0) is 29.3 Å². The average Bonchev–Trinajstić information content (AvgIpc) is 2.50. The Morgan fingerprint density at radius 1 is 1.29 bits per heavy atom. The summed E-state index contributed by atoms with van der Waals surface area (Å²) in [5.74, 6) is -0.376. The minimum atomic E-state index is -3.56. The Bertz CT molecular complexity index is 952. The highest BCUT2D eigenvalue weighted by Crippen LogP contribution is 2.26. The van der Waals surface area contributed by atoms with Gasteiger partial charge in [0, 0.05) is 32.3 Å². The summed E-state index contributed by atoms with van der Waals surface area (Å²) < 4.78 is 23.1. The lowest BCUT2D eigenvalue weighted by molar-refractivity contribution is 0.240. The molecular formula is C15H17N3O5S. The van der Waals surface area contributed by atoms with Gasteiger partial charge in [0.2, 0.25) is 15.0 Å². The smallest absolute Gasteiger partial charge is 0.256 e. The van der Waals surface area contributed by atoms with E-state index in [4.69, 9.17) is 0 Å². The highest BCUT2D eigenvalue weighted by Gasteiger charge is 2.23. The molecule has 2 aromatic rings. The monoisotopic (exact) mass is 351 g/mol. The Hall–Kier alpha value is -2.39. The summed E-state index contributed by atoms with van der Waals surface area (Å²) in [5.41, 5.74) is 1.31. The first-order valence-electron chi connectivity index (χ1n) is 7.29. The van der Waals surface area contributed by atoms with Crippen LogP contribution in [0.2, 0.25) is 0 Å². The lowest BCUT2D eigenvalue weighted by Gasteiger charge is -2.27. The molecule has 2 heterocycles. The van der Waals surface area contributed by atoms with Crippen LogP contribution in [0.1, 0.15) is 16.8 Å². The van der Waals surface area contributed by atoms with Gasteiger partial charge >= 0.3 is 0 Å². The zero-order valence-electron chi connectivity index (χ0n) is 13.0. The Morgan fingerprint density at radius 2 is 2.04 bits per heavy atom. The second-order valence-corrected chi connectivity index (χ2v) is 7.78. The minimum Gasteiger partial charge on any atom is -0.504 e. The molecule has 0 unspecified atom stereocenters. The number of benzene rings is 1. The summed E-state index contributed by atoms with van der Waals surface area (Å²) in [6, 6.07) is 4.58. The van der Waals surface area contributed by atoms with Gasteiger partial charge in [-0.3, -0.25) is 14.7 Å². The fraction of sp³-hybridized carbons (Fsp3) is 0.333. The number of fused-ring (bicyclic) bond motifs is 1. The number of aromatic nitrogens is 2. The molecule has 0 atom stereocenters. The third-order valence-corrected chi connectivity index (χ3v) is 4.82. The SMILES string of the molecule is CS(=O)(=O)c1nc2c(c(=O)[nH]1)CN(Cc1ccc(O)c(O)c1)CC2. The van der Waals surface area contributed by atoms with E-state index in [1.807, 2.05) is 4.90 Å². The summed E-state index contributed by atoms with van der Waals surface area (Å²) in [7, 11) is -3.56. The molecule has 3 rings (SSSR count). The minimum absolute atomic E-state index is 0.184. The molecule has 0 saturated carbocycles. The first-order valence-corrected chi connectivity index (χ1v) is 9.18. The van der Waals surface area contributed by atoms with E-state index in [-0.39, 0.29) is 16.7 Å². The van der Waals surface area contributed by atoms with E-state index in [0.29, 0.717) is 37.3 Å². The van der Waals surface area contributed by atoms with Gasteiger partial charge in [-0.2, -0.15) is 0 Å². The maximum atomic E-state index is 12.2. The number of nitrogens with zero attached hydrogens (tertiary/aromatic N) is 2. The number of phenols is 2. The van der Waals surface area contributed by atoms with Gasteiger partial charge in [0.1, 0.15) is 0 Å². The first-order chi connectivity index (χ1) is 11.2. The maximum Gasteiger partial charge on any atom is 0.256 e. The molecule has 3 N–H and O–H groups in total. The van der Waals surface area contributed by atoms with E-state index in [1.165, 1.54) is 12.1 Å². The molecule has 8 nitrogen and oxygen atoms in total. The third-order valence-electron chi connectivity index (χ3n) is 3.92. The highest BCUT2D eigenvalue weighted by atomic mass is 32.2. The number of nitrogens with one attached hydrogen (secondary N) is 1. The van der Waals surface area contributed by atoms with Crippen LogP contribution in [-0.4, -0.2) is 46.3 Å². The predicted molar refractivity (Wildman–Crippen MR) is 85.6 cm³/mol. The molecule has 0 aliphatic carbocycles. The lowest BCUT2D eigenvalue weighted by atomic mass is 10.1. The second kappa shape index (κ2) is 5.91. The fourth-order valence-electron chi connectivity index (χ4n) is 2.69. The quantitative estimate of drug-likeness (QED) is 0.531. The van der Waals surface area contributed by atoms with Gasteiger partial charge in [0.05, 0.1) is 11.3 Å². The molecule has 1 aromatic carbocycles. The number of rotatable bonds is 3. The summed E-state index contributed by atoms with van der Waals surface area (Å²) in [5, 5.41) is 18.6. The largest absolute Gasteiger partial charge is 0.504 e. The van der Waals surface area contributed by atoms with Crippen LogP contribution in [0.25, 0.3) is 0 Å². The van der Waals surface area contributed by atoms with Crippen LogP contribution in [0.4, 0.5) is 0 Å². The standard InChI is InChI=1S/C15H17N3O5S/c1-24(22,23)15-16-11-4-5-18(8-10(11)14(21)17-15)7-9-2-3-12(19)13(20)6-9/h2-3,6,19-20H,4-5,7-8H2,1H3,(H,16,17,21). The number of phenolic OH excluding ortho intramolecular Hbond substituents is 2. The predicted octanol–water partition coefficient (Wildman–Crippen LogP) is 0.143. The van der Waals surface area contributed by atoms with Gasteiger partial charge in [-0.05, 0) is 17.7 Å². The fourth-order valence-corrected chi connectivity index (χ4v) is 3.25. The van der Waals surface area contributed by atoms with Crippen molar-refractivity contribution >= 4 is 9.84 Å². The molecule has 9 heteroatoms. The summed E-state index contributed by atoms with van der Waals surface area (Å²) >= 11 is 0. The molecule has 0 saturated heterocycles. The van der Waals surface area contributed by atoms with Gasteiger partial charge < -0.3 is 10.2 Å². The van der Waals surface area contributed by atoms with Crippen molar-refractivity contribution in [2.45, 2.75) is 24.7 Å². The van der Waals surface area contributed by atoms with Gasteiger partial charge in [-0.25, -0.2) is 13.4 Å². The zero-order valence-corrected chi connectivity index (χ0v) is 13.8. The molecule has 0 fully saturated rings. The highest BCUT2D eigenvalue weighted by molar-refractivity contribution is 7.90. The molecule has 24 heavy (non-hydrogen) atoms. The molecule has 0 bridgehead atoms. The lowest BCUT2D eigenvalue weighted by Crippen LogP contribution is -2.36. The van der Waals surface area contributed by atoms with Crippen molar-refractivity contribution in [3.63, 3.8) is 0 Å². The van der Waals surface area contributed by atoms with E-state index in [1.54, 1.807) is 6.07 Å². The van der Waals surface area contributed by atoms with Crippen molar-refractivity contribution in [3.05, 3.63) is 45.4 Å². The van der Waals surface area contributed by atoms with Gasteiger partial charge in [-0.1, -0.05) is 6.07 Å². The van der Waals surface area contributed by atoms with Crippen LogP contribution >= 0.6 is 0 Å². The van der Waals surface area contributed by atoms with E-state index < -0.39 is 15.4 Å². The Kier molecular flexibility index (Phi) is 4.06. The summed E-state index contributed by atoms with van der Waals surface area (Å²) in [6.07, 6.45) is 1.47. The van der Waals surface area contributed by atoms with Crippen molar-refractivity contribution in [2.75, 3.05) is 12.8 Å². The van der Waals surface area contributed by atoms with E-state index in [9.17, 15) is 23.4 Å². The number of aromatic amines is 1. The van der Waals surface area contributed by atoms with Crippen LogP contribution in [0, 0.1) is 0 Å². The summed E-state index contributed by atoms with van der Waals surface area (Å²) in [4.78, 5) is 20.6. The van der Waals surface area contributed by atoms with Crippen molar-refractivity contribution in [1.82, 2.24) is 14.9 Å². The van der Waals surface area contributed by atoms with Gasteiger partial charge in [0.15, 0.2) is 11.5 Å². The second-order valence-electron chi connectivity index (χ2n) is 5.85. The Labute approximate surface area is 138 Å². The average molecular weight is 351 g/mol. The van der Waals surface area contributed by atoms with Gasteiger partial charge in [0.25, 0.3) is 5.56 Å². The molecule has 0 spiro atoms. The number of aromatic hydroxyl groups is 2. The summed E-state index contributed by atoms with van der Waals surface area (Å²) in [6.45, 7) is 1.43. The molecule has 1 aliphatic rings. The Morgan fingerprint density at radius 3 is 2.71 bits per heavy atom. The molecule has 0 radical (unpaired) electrons. The number of sulfone groups is 1. The molecule has 128 valence electrons. The number of H-pyrrole nitrogens is 1. The van der Waals surface area contributed by atoms with E-state index in [2.05, 4.69) is 9.97 Å². The Balaban J connectivity index is 1.84. The van der Waals surface area contributed by atoms with Gasteiger partial charge in [-0.15, -0.1) is 0 Å². The van der Waals surface area contributed by atoms with Crippen LogP contribution in [0.15, 0.2) is 28.2 Å². The van der Waals surface area contributed by atoms with Crippen LogP contribution in [0.5, 0.6) is 11.5 Å². The normalized spacial score (nSPS) is 15.2. The molecular weight excluding hydrogens is 334 g/mol. The maximum absolute atomic E-state index is 12.2. The third kappa shape index (κ3) is 3.26.